The van der Waals surface area contributed by atoms with Gasteiger partial charge >= 0.3 is 0 Å². The van der Waals surface area contributed by atoms with Crippen molar-refractivity contribution in [3.8, 4) is 0 Å². The molecule has 3 rings (SSSR count). The maximum absolute atomic E-state index is 6.12. The predicted octanol–water partition coefficient (Wildman–Crippen LogP) is 1.89. The molecular weight excluding hydrogens is 226 g/mol. The van der Waals surface area contributed by atoms with Gasteiger partial charge < -0.3 is 15.0 Å². The Morgan fingerprint density at radius 3 is 2.94 bits per heavy atom. The number of hydrogen-bond donors (Lipinski definition) is 1. The Labute approximate surface area is 107 Å². The molecule has 2 unspecified atom stereocenters. The molecule has 4 nitrogen and oxygen atoms in total. The largest absolute Gasteiger partial charge is 0.379 e. The summed E-state index contributed by atoms with van der Waals surface area (Å²) in [6.07, 6.45) is 1.09. The maximum Gasteiger partial charge on any atom is 0.116 e. The SMILES string of the molecule is CCCn1c(C2COCC2N)nc2ccccc21. The number of imidazole rings is 1. The van der Waals surface area contributed by atoms with Crippen molar-refractivity contribution in [3.05, 3.63) is 30.1 Å². The molecule has 0 radical (unpaired) electrons. The summed E-state index contributed by atoms with van der Waals surface area (Å²) < 4.78 is 7.77. The highest BCUT2D eigenvalue weighted by atomic mass is 16.5. The molecule has 1 aliphatic heterocycles. The molecule has 1 saturated heterocycles. The molecule has 1 fully saturated rings. The van der Waals surface area contributed by atoms with E-state index in [0.29, 0.717) is 13.2 Å². The summed E-state index contributed by atoms with van der Waals surface area (Å²) in [4.78, 5) is 4.77. The van der Waals surface area contributed by atoms with Crippen molar-refractivity contribution < 1.29 is 4.74 Å². The minimum atomic E-state index is 0.0671. The number of aromatic nitrogens is 2. The van der Waals surface area contributed by atoms with Crippen molar-refractivity contribution in [1.29, 1.82) is 0 Å². The van der Waals surface area contributed by atoms with Crippen LogP contribution >= 0.6 is 0 Å². The Morgan fingerprint density at radius 2 is 2.22 bits per heavy atom. The number of benzene rings is 1. The molecule has 2 aromatic rings. The van der Waals surface area contributed by atoms with Crippen LogP contribution in [-0.2, 0) is 11.3 Å². The summed E-state index contributed by atoms with van der Waals surface area (Å²) in [5.74, 6) is 1.31. The first-order chi connectivity index (χ1) is 8.81. The van der Waals surface area contributed by atoms with Gasteiger partial charge in [-0.25, -0.2) is 4.98 Å². The zero-order valence-corrected chi connectivity index (χ0v) is 10.7. The van der Waals surface area contributed by atoms with E-state index in [2.05, 4.69) is 29.7 Å². The van der Waals surface area contributed by atoms with E-state index in [-0.39, 0.29) is 12.0 Å². The highest BCUT2D eigenvalue weighted by Gasteiger charge is 2.30. The first-order valence-electron chi connectivity index (χ1n) is 6.59. The first kappa shape index (κ1) is 11.7. The van der Waals surface area contributed by atoms with Gasteiger partial charge in [0, 0.05) is 12.6 Å². The lowest BCUT2D eigenvalue weighted by atomic mass is 10.0. The minimum absolute atomic E-state index is 0.0671. The fourth-order valence-corrected chi connectivity index (χ4v) is 2.67. The highest BCUT2D eigenvalue weighted by molar-refractivity contribution is 5.76. The van der Waals surface area contributed by atoms with Crippen LogP contribution in [0.15, 0.2) is 24.3 Å². The van der Waals surface area contributed by atoms with Gasteiger partial charge in [-0.05, 0) is 18.6 Å². The Balaban J connectivity index is 2.12. The van der Waals surface area contributed by atoms with Crippen molar-refractivity contribution >= 4 is 11.0 Å². The molecule has 2 N–H and O–H groups in total. The van der Waals surface area contributed by atoms with Crippen LogP contribution in [0.3, 0.4) is 0 Å². The molecular formula is C14H19N3O. The van der Waals surface area contributed by atoms with Crippen LogP contribution in [0.1, 0.15) is 25.1 Å². The lowest BCUT2D eigenvalue weighted by molar-refractivity contribution is 0.190. The average Bonchev–Trinajstić information content (AvgIpc) is 2.94. The van der Waals surface area contributed by atoms with Gasteiger partial charge in [0.05, 0.1) is 30.2 Å². The molecule has 0 spiro atoms. The Hall–Kier alpha value is -1.39. The van der Waals surface area contributed by atoms with Gasteiger partial charge in [0.2, 0.25) is 0 Å². The van der Waals surface area contributed by atoms with Crippen molar-refractivity contribution in [2.24, 2.45) is 5.73 Å². The van der Waals surface area contributed by atoms with Crippen LogP contribution in [0.2, 0.25) is 0 Å². The summed E-state index contributed by atoms with van der Waals surface area (Å²) in [7, 11) is 0. The fourth-order valence-electron chi connectivity index (χ4n) is 2.67. The molecule has 2 heterocycles. The Morgan fingerprint density at radius 1 is 1.39 bits per heavy atom. The summed E-state index contributed by atoms with van der Waals surface area (Å²) in [5.41, 5.74) is 8.38. The number of ether oxygens (including phenoxy) is 1. The number of nitrogens with zero attached hydrogens (tertiary/aromatic N) is 2. The molecule has 96 valence electrons. The maximum atomic E-state index is 6.12. The molecule has 0 aliphatic carbocycles. The van der Waals surface area contributed by atoms with Gasteiger partial charge in [0.15, 0.2) is 0 Å². The lowest BCUT2D eigenvalue weighted by Gasteiger charge is -2.15. The Kier molecular flexibility index (Phi) is 3.06. The fraction of sp³-hybridized carbons (Fsp3) is 0.500. The molecule has 0 amide bonds. The van der Waals surface area contributed by atoms with Crippen LogP contribution in [0.5, 0.6) is 0 Å². The van der Waals surface area contributed by atoms with Gasteiger partial charge in [-0.3, -0.25) is 0 Å². The van der Waals surface area contributed by atoms with Crippen LogP contribution in [-0.4, -0.2) is 28.8 Å². The minimum Gasteiger partial charge on any atom is -0.379 e. The topological polar surface area (TPSA) is 53.1 Å². The monoisotopic (exact) mass is 245 g/mol. The smallest absolute Gasteiger partial charge is 0.116 e. The number of para-hydroxylation sites is 2. The quantitative estimate of drug-likeness (QED) is 0.898. The second-order valence-electron chi connectivity index (χ2n) is 4.92. The number of rotatable bonds is 3. The molecule has 1 aromatic carbocycles. The van der Waals surface area contributed by atoms with E-state index in [1.807, 2.05) is 6.07 Å². The first-order valence-corrected chi connectivity index (χ1v) is 6.59. The lowest BCUT2D eigenvalue weighted by Crippen LogP contribution is -2.29. The summed E-state index contributed by atoms with van der Waals surface area (Å²) >= 11 is 0. The number of aryl methyl sites for hydroxylation is 1. The van der Waals surface area contributed by atoms with Crippen LogP contribution < -0.4 is 5.73 Å². The average molecular weight is 245 g/mol. The molecule has 0 saturated carbocycles. The summed E-state index contributed by atoms with van der Waals surface area (Å²) in [6.45, 7) is 4.50. The van der Waals surface area contributed by atoms with E-state index in [1.54, 1.807) is 0 Å². The van der Waals surface area contributed by atoms with E-state index in [9.17, 15) is 0 Å². The van der Waals surface area contributed by atoms with E-state index in [1.165, 1.54) is 5.52 Å². The third kappa shape index (κ3) is 1.82. The predicted molar refractivity (Wildman–Crippen MR) is 71.6 cm³/mol. The Bertz CT molecular complexity index is 549. The molecule has 1 aromatic heterocycles. The van der Waals surface area contributed by atoms with Gasteiger partial charge in [-0.2, -0.15) is 0 Å². The number of nitrogens with two attached hydrogens (primary N) is 1. The van der Waals surface area contributed by atoms with Crippen LogP contribution in [0.4, 0.5) is 0 Å². The highest BCUT2D eigenvalue weighted by Crippen LogP contribution is 2.27. The second-order valence-corrected chi connectivity index (χ2v) is 4.92. The third-order valence-electron chi connectivity index (χ3n) is 3.59. The van der Waals surface area contributed by atoms with Crippen LogP contribution in [0, 0.1) is 0 Å². The van der Waals surface area contributed by atoms with E-state index >= 15 is 0 Å². The van der Waals surface area contributed by atoms with Gasteiger partial charge in [0.1, 0.15) is 5.82 Å². The molecule has 2 atom stereocenters. The zero-order chi connectivity index (χ0) is 12.5. The number of hydrogen-bond acceptors (Lipinski definition) is 3. The summed E-state index contributed by atoms with van der Waals surface area (Å²) in [5, 5.41) is 0. The van der Waals surface area contributed by atoms with Gasteiger partial charge in [0.25, 0.3) is 0 Å². The zero-order valence-electron chi connectivity index (χ0n) is 10.7. The second kappa shape index (κ2) is 4.71. The van der Waals surface area contributed by atoms with Crippen molar-refractivity contribution in [3.63, 3.8) is 0 Å². The molecule has 4 heteroatoms. The third-order valence-corrected chi connectivity index (χ3v) is 3.59. The van der Waals surface area contributed by atoms with Gasteiger partial charge in [-0.15, -0.1) is 0 Å². The van der Waals surface area contributed by atoms with Crippen LogP contribution in [0.25, 0.3) is 11.0 Å². The normalized spacial score (nSPS) is 23.9. The van der Waals surface area contributed by atoms with Crippen molar-refractivity contribution in [2.75, 3.05) is 13.2 Å². The molecule has 1 aliphatic rings. The van der Waals surface area contributed by atoms with Crippen molar-refractivity contribution in [1.82, 2.24) is 9.55 Å². The van der Waals surface area contributed by atoms with E-state index < -0.39 is 0 Å². The molecule has 0 bridgehead atoms. The van der Waals surface area contributed by atoms with Crippen molar-refractivity contribution in [2.45, 2.75) is 31.8 Å². The van der Waals surface area contributed by atoms with E-state index in [0.717, 1.165) is 24.3 Å². The number of fused-ring (bicyclic) bond motifs is 1. The molecule has 18 heavy (non-hydrogen) atoms. The summed E-state index contributed by atoms with van der Waals surface area (Å²) in [6, 6.07) is 8.35. The van der Waals surface area contributed by atoms with Gasteiger partial charge in [-0.1, -0.05) is 19.1 Å². The van der Waals surface area contributed by atoms with E-state index in [4.69, 9.17) is 15.5 Å². The standard InChI is InChI=1S/C14H19N3O/c1-2-7-17-13-6-4-3-5-12(13)16-14(17)10-8-18-9-11(10)15/h3-6,10-11H,2,7-9,15H2,1H3.